The molecule has 0 aliphatic heterocycles. The Morgan fingerprint density at radius 1 is 1.31 bits per heavy atom. The molecule has 29 heavy (non-hydrogen) atoms. The number of hydrogen-bond acceptors (Lipinski definition) is 5. The van der Waals surface area contributed by atoms with Gasteiger partial charge in [-0.2, -0.15) is 13.6 Å². The highest BCUT2D eigenvalue weighted by Gasteiger charge is 2.52. The van der Waals surface area contributed by atoms with Gasteiger partial charge in [0, 0.05) is 12.5 Å². The van der Waals surface area contributed by atoms with Crippen LogP contribution in [0.1, 0.15) is 56.6 Å². The van der Waals surface area contributed by atoms with Crippen molar-refractivity contribution in [1.29, 1.82) is 0 Å². The number of hydrogen-bond donors (Lipinski definition) is 2. The van der Waals surface area contributed by atoms with Crippen molar-refractivity contribution in [2.75, 3.05) is 13.7 Å². The van der Waals surface area contributed by atoms with E-state index in [1.54, 1.807) is 6.07 Å². The van der Waals surface area contributed by atoms with Gasteiger partial charge in [0.1, 0.15) is 0 Å². The van der Waals surface area contributed by atoms with Crippen LogP contribution < -0.4 is 14.1 Å². The van der Waals surface area contributed by atoms with Crippen LogP contribution in [0.4, 0.5) is 0 Å². The average Bonchev–Trinajstić information content (AvgIpc) is 3.02. The number of aliphatic hydroxyl groups excluding tert-OH is 1. The smallest absolute Gasteiger partial charge is 0.380 e. The summed E-state index contributed by atoms with van der Waals surface area (Å²) in [6, 6.07) is 3.74. The monoisotopic (exact) mass is 421 g/mol. The van der Waals surface area contributed by atoms with Crippen LogP contribution in [0.25, 0.3) is 0 Å². The minimum Gasteiger partial charge on any atom is -0.493 e. The Balaban J connectivity index is 1.66. The summed E-state index contributed by atoms with van der Waals surface area (Å²) in [5, 5.41) is 14.8. The van der Waals surface area contributed by atoms with E-state index in [1.165, 1.54) is 18.2 Å². The van der Waals surface area contributed by atoms with Crippen molar-refractivity contribution in [1.82, 2.24) is 0 Å². The van der Waals surface area contributed by atoms with Gasteiger partial charge in [-0.3, -0.25) is 0 Å². The molecule has 0 spiro atoms. The van der Waals surface area contributed by atoms with Gasteiger partial charge in [-0.25, -0.2) is 0 Å². The summed E-state index contributed by atoms with van der Waals surface area (Å²) in [6.07, 6.45) is 7.61. The second-order valence-electron chi connectivity index (χ2n) is 9.13. The van der Waals surface area contributed by atoms with Crippen molar-refractivity contribution in [2.45, 2.75) is 51.9 Å². The lowest BCUT2D eigenvalue weighted by Crippen LogP contribution is -2.42. The molecule has 1 aromatic rings. The molecule has 1 aromatic carbocycles. The highest BCUT2D eigenvalue weighted by atomic mass is 32.2. The van der Waals surface area contributed by atoms with Crippen LogP contribution in [0.3, 0.4) is 0 Å². The number of rotatable bonds is 5. The highest BCUT2D eigenvalue weighted by Crippen LogP contribution is 2.62. The van der Waals surface area contributed by atoms with Crippen molar-refractivity contribution in [2.24, 2.45) is 28.3 Å². The summed E-state index contributed by atoms with van der Waals surface area (Å²) in [6.45, 7) is 4.72. The van der Waals surface area contributed by atoms with Crippen LogP contribution in [0.5, 0.6) is 11.5 Å². The first-order chi connectivity index (χ1) is 13.7. The number of methoxy groups -OCH3 is 1. The zero-order valence-corrected chi connectivity index (χ0v) is 18.2. The fraction of sp³-hybridized carbons (Fsp3) is 0.636. The molecule has 0 radical (unpaired) electrons. The van der Waals surface area contributed by atoms with Crippen molar-refractivity contribution < 1.29 is 22.4 Å². The first-order valence-corrected chi connectivity index (χ1v) is 11.9. The second kappa shape index (κ2) is 7.29. The normalized spacial score (nSPS) is 31.9. The third-order valence-corrected chi connectivity index (χ3v) is 8.07. The molecule has 0 amide bonds. The van der Waals surface area contributed by atoms with Gasteiger partial charge in [0.2, 0.25) is 0 Å². The lowest BCUT2D eigenvalue weighted by atomic mass is 9.53. The van der Waals surface area contributed by atoms with E-state index < -0.39 is 10.3 Å². The molecule has 0 aromatic heterocycles. The lowest BCUT2D eigenvalue weighted by Gasteiger charge is -2.51. The predicted molar refractivity (Wildman–Crippen MR) is 111 cm³/mol. The Morgan fingerprint density at radius 2 is 2.07 bits per heavy atom. The van der Waals surface area contributed by atoms with Crippen LogP contribution in [0.2, 0.25) is 0 Å². The number of ether oxygens (including phenoxy) is 1. The van der Waals surface area contributed by atoms with Crippen LogP contribution in [-0.4, -0.2) is 27.2 Å². The molecule has 0 bridgehead atoms. The molecular weight excluding hydrogens is 390 g/mol. The molecule has 0 heterocycles. The number of allylic oxidation sites excluding steroid dienone is 1. The summed E-state index contributed by atoms with van der Waals surface area (Å²) >= 11 is 0. The van der Waals surface area contributed by atoms with Crippen LogP contribution in [0.15, 0.2) is 23.8 Å². The maximum Gasteiger partial charge on any atom is 0.380 e. The van der Waals surface area contributed by atoms with Gasteiger partial charge in [0.05, 0.1) is 7.11 Å². The van der Waals surface area contributed by atoms with E-state index >= 15 is 0 Å². The van der Waals surface area contributed by atoms with Gasteiger partial charge in [-0.15, -0.1) is 0 Å². The molecule has 160 valence electrons. The topological polar surface area (TPSA) is 98.9 Å². The number of fused-ring (bicyclic) bond motifs is 5. The summed E-state index contributed by atoms with van der Waals surface area (Å²) < 4.78 is 33.2. The maximum atomic E-state index is 11.4. The van der Waals surface area contributed by atoms with Gasteiger partial charge < -0.3 is 14.0 Å². The third kappa shape index (κ3) is 3.47. The summed E-state index contributed by atoms with van der Waals surface area (Å²) in [5.74, 6) is 2.39. The molecule has 6 nitrogen and oxygen atoms in total. The summed E-state index contributed by atoms with van der Waals surface area (Å²) in [4.78, 5) is 0. The third-order valence-electron chi connectivity index (χ3n) is 7.66. The Bertz CT molecular complexity index is 941. The largest absolute Gasteiger partial charge is 0.493 e. The molecule has 1 saturated carbocycles. The average molecular weight is 422 g/mol. The quantitative estimate of drug-likeness (QED) is 0.711. The number of benzene rings is 1. The van der Waals surface area contributed by atoms with E-state index in [4.69, 9.17) is 14.1 Å². The molecule has 4 rings (SSSR count). The zero-order chi connectivity index (χ0) is 21.0. The standard InChI is InChI=1S/C22H31NO5S/c1-13(12-24)18-6-7-19-16-5-4-14-10-21(28-29(23,25)26)20(27-3)11-17(14)15(16)8-9-22(18,19)2/h6,10-11,13,15-16,19,24H,4-5,7-9,12H2,1-3H3,(H2,23,25,26)/t13-,15?,16?,19?,22-/m1/s1. The Hall–Kier alpha value is -1.57. The molecule has 0 saturated heterocycles. The predicted octanol–water partition coefficient (Wildman–Crippen LogP) is 3.30. The number of nitrogens with two attached hydrogens (primary N) is 1. The molecule has 3 aliphatic rings. The molecule has 3 N–H and O–H groups in total. The van der Waals surface area contributed by atoms with Gasteiger partial charge in [-0.1, -0.05) is 25.5 Å². The minimum absolute atomic E-state index is 0.162. The van der Waals surface area contributed by atoms with Crippen LogP contribution in [0, 0.1) is 23.2 Å². The summed E-state index contributed by atoms with van der Waals surface area (Å²) in [5.41, 5.74) is 3.99. The van der Waals surface area contributed by atoms with E-state index in [0.717, 1.165) is 37.7 Å². The Labute approximate surface area is 173 Å². The molecule has 3 unspecified atom stereocenters. The van der Waals surface area contributed by atoms with E-state index in [-0.39, 0.29) is 23.7 Å². The zero-order valence-electron chi connectivity index (χ0n) is 17.3. The molecule has 1 fully saturated rings. The van der Waals surface area contributed by atoms with Crippen molar-refractivity contribution in [3.05, 3.63) is 34.9 Å². The van der Waals surface area contributed by atoms with Crippen molar-refractivity contribution in [3.8, 4) is 11.5 Å². The molecule has 5 atom stereocenters. The van der Waals surface area contributed by atoms with Gasteiger partial charge in [0.25, 0.3) is 0 Å². The van der Waals surface area contributed by atoms with E-state index in [1.807, 2.05) is 6.07 Å². The van der Waals surface area contributed by atoms with E-state index in [2.05, 4.69) is 19.9 Å². The maximum absolute atomic E-state index is 11.4. The second-order valence-corrected chi connectivity index (χ2v) is 10.3. The first-order valence-electron chi connectivity index (χ1n) is 10.4. The minimum atomic E-state index is -4.10. The van der Waals surface area contributed by atoms with Gasteiger partial charge >= 0.3 is 10.3 Å². The Kier molecular flexibility index (Phi) is 5.20. The number of aliphatic hydroxyl groups is 1. The SMILES string of the molecule is COc1cc2c(cc1OS(N)(=O)=O)CCC1C2CC[C@]2(C)C([C@H](C)CO)=CCC12. The molecule has 7 heteroatoms. The van der Waals surface area contributed by atoms with E-state index in [9.17, 15) is 13.5 Å². The van der Waals surface area contributed by atoms with Crippen molar-refractivity contribution in [3.63, 3.8) is 0 Å². The molecular formula is C22H31NO5S. The lowest BCUT2D eigenvalue weighted by molar-refractivity contribution is 0.0654. The first kappa shape index (κ1) is 20.7. The fourth-order valence-corrected chi connectivity index (χ4v) is 6.77. The Morgan fingerprint density at radius 3 is 2.72 bits per heavy atom. The highest BCUT2D eigenvalue weighted by molar-refractivity contribution is 7.84. The summed E-state index contributed by atoms with van der Waals surface area (Å²) in [7, 11) is -2.59. The fourth-order valence-electron chi connectivity index (χ4n) is 6.39. The van der Waals surface area contributed by atoms with E-state index in [0.29, 0.717) is 23.5 Å². The van der Waals surface area contributed by atoms with Crippen molar-refractivity contribution >= 4 is 10.3 Å². The van der Waals surface area contributed by atoms with Crippen LogP contribution in [-0.2, 0) is 16.7 Å². The number of aryl methyl sites for hydroxylation is 1. The molecule has 3 aliphatic carbocycles. The van der Waals surface area contributed by atoms with Gasteiger partial charge in [-0.05, 0) is 78.5 Å². The van der Waals surface area contributed by atoms with Gasteiger partial charge in [0.15, 0.2) is 11.5 Å². The van der Waals surface area contributed by atoms with Crippen LogP contribution >= 0.6 is 0 Å².